The summed E-state index contributed by atoms with van der Waals surface area (Å²) in [6, 6.07) is 8.13. The molecule has 3 heterocycles. The number of hydrogen-bond donors (Lipinski definition) is 4. The van der Waals surface area contributed by atoms with Crippen LogP contribution in [0.1, 0.15) is 31.9 Å². The van der Waals surface area contributed by atoms with E-state index in [-0.39, 0.29) is 23.6 Å². The van der Waals surface area contributed by atoms with Crippen molar-refractivity contribution >= 4 is 42.3 Å². The Balaban J connectivity index is 1.22. The third kappa shape index (κ3) is 6.39. The maximum absolute atomic E-state index is 12.6. The molecular formula is C24H30ClN6O8P. The topological polar surface area (TPSA) is 181 Å². The number of phosphoric ester groups is 1. The lowest BCUT2D eigenvalue weighted by Crippen LogP contribution is -2.42. The molecule has 1 aliphatic carbocycles. The number of rotatable bonds is 10. The number of nitrogens with zero attached hydrogens (tertiary/aromatic N) is 5. The number of aliphatic hydroxyl groups excluding tert-OH is 2. The highest BCUT2D eigenvalue weighted by molar-refractivity contribution is 7.47. The van der Waals surface area contributed by atoms with E-state index in [9.17, 15) is 24.5 Å². The molecule has 0 bridgehead atoms. The summed E-state index contributed by atoms with van der Waals surface area (Å²) in [5.74, 6) is -0.0837. The average Bonchev–Trinajstić information content (AvgIpc) is 3.64. The molecule has 40 heavy (non-hydrogen) atoms. The molecule has 3 aromatic rings. The van der Waals surface area contributed by atoms with E-state index in [1.165, 1.54) is 30.1 Å². The van der Waals surface area contributed by atoms with Crippen LogP contribution in [0.25, 0.3) is 11.2 Å². The predicted octanol–water partition coefficient (Wildman–Crippen LogP) is 2.11. The van der Waals surface area contributed by atoms with Gasteiger partial charge in [-0.1, -0.05) is 31.0 Å². The molecule has 1 unspecified atom stereocenters. The van der Waals surface area contributed by atoms with Gasteiger partial charge in [0.15, 0.2) is 23.2 Å². The number of ether oxygens (including phenoxy) is 1. The fourth-order valence-corrected chi connectivity index (χ4v) is 5.69. The molecule has 2 aromatic heterocycles. The number of carbonyl (C=O) groups is 1. The van der Waals surface area contributed by atoms with Crippen molar-refractivity contribution in [2.24, 2.45) is 0 Å². The summed E-state index contributed by atoms with van der Waals surface area (Å²) in [5, 5.41) is 24.9. The van der Waals surface area contributed by atoms with Crippen molar-refractivity contribution in [3.63, 3.8) is 0 Å². The lowest BCUT2D eigenvalue weighted by molar-refractivity contribution is -0.135. The van der Waals surface area contributed by atoms with E-state index < -0.39 is 44.9 Å². The summed E-state index contributed by atoms with van der Waals surface area (Å²) in [7, 11) is -3.15. The quantitative estimate of drug-likeness (QED) is 0.198. The number of aliphatic hydroxyl groups is 2. The number of aromatic nitrogens is 4. The summed E-state index contributed by atoms with van der Waals surface area (Å²) in [6.45, 7) is -0.909. The molecule has 4 N–H and O–H groups in total. The molecule has 16 heteroatoms. The molecule has 0 radical (unpaired) electrons. The first kappa shape index (κ1) is 28.7. The van der Waals surface area contributed by atoms with Crippen LogP contribution < -0.4 is 9.84 Å². The van der Waals surface area contributed by atoms with Crippen molar-refractivity contribution in [3.05, 3.63) is 41.9 Å². The third-order valence-electron chi connectivity index (χ3n) is 6.90. The fraction of sp³-hybridized carbons (Fsp3) is 0.500. The largest absolute Gasteiger partial charge is 0.527 e. The molecule has 2 aliphatic rings. The van der Waals surface area contributed by atoms with Gasteiger partial charge in [0.25, 0.3) is 0 Å². The highest BCUT2D eigenvalue weighted by Gasteiger charge is 2.45. The monoisotopic (exact) mass is 596 g/mol. The molecule has 1 saturated heterocycles. The first-order chi connectivity index (χ1) is 19.1. The lowest BCUT2D eigenvalue weighted by Gasteiger charge is -2.23. The maximum atomic E-state index is 12.6. The van der Waals surface area contributed by atoms with Gasteiger partial charge in [0.2, 0.25) is 11.2 Å². The molecule has 5 atom stereocenters. The smallest absolute Gasteiger partial charge is 0.404 e. The minimum atomic E-state index is -4.56. The van der Waals surface area contributed by atoms with Crippen molar-refractivity contribution in [1.29, 1.82) is 0 Å². The van der Waals surface area contributed by atoms with Crippen LogP contribution in [-0.4, -0.2) is 90.0 Å². The summed E-state index contributed by atoms with van der Waals surface area (Å²) < 4.78 is 29.3. The van der Waals surface area contributed by atoms with E-state index in [0.29, 0.717) is 17.0 Å². The predicted molar refractivity (Wildman–Crippen MR) is 143 cm³/mol. The third-order valence-corrected chi connectivity index (χ3v) is 7.96. The number of amides is 1. The van der Waals surface area contributed by atoms with Crippen LogP contribution in [0.5, 0.6) is 5.75 Å². The van der Waals surface area contributed by atoms with Gasteiger partial charge in [-0.15, -0.1) is 0 Å². The van der Waals surface area contributed by atoms with Crippen LogP contribution in [0.4, 0.5) is 5.82 Å². The molecular weight excluding hydrogens is 567 g/mol. The lowest BCUT2D eigenvalue weighted by atomic mass is 10.1. The van der Waals surface area contributed by atoms with Crippen molar-refractivity contribution in [1.82, 2.24) is 24.4 Å². The zero-order chi connectivity index (χ0) is 28.4. The summed E-state index contributed by atoms with van der Waals surface area (Å²) in [4.78, 5) is 36.6. The van der Waals surface area contributed by atoms with Gasteiger partial charge in [-0.25, -0.2) is 9.55 Å². The number of benzene rings is 1. The van der Waals surface area contributed by atoms with Gasteiger partial charge in [-0.2, -0.15) is 9.97 Å². The minimum Gasteiger partial charge on any atom is -0.404 e. The van der Waals surface area contributed by atoms with Gasteiger partial charge in [-0.05, 0) is 36.6 Å². The number of nitrogens with one attached hydrogen (secondary N) is 1. The Bertz CT molecular complexity index is 1390. The fourth-order valence-electron chi connectivity index (χ4n) is 4.81. The van der Waals surface area contributed by atoms with Crippen LogP contribution >= 0.6 is 19.4 Å². The Hall–Kier alpha value is -2.84. The normalized spacial score (nSPS) is 24.7. The SMILES string of the molecule is CN(C[C@H]1O[C@@H](n2cnc3c(NC4CCCC4)nc(Cl)nc32)[C@H](O)[C@@H]1O)C(=O)COP(=O)(O)Oc1ccccc1. The van der Waals surface area contributed by atoms with Gasteiger partial charge in [-0.3, -0.25) is 18.8 Å². The first-order valence-corrected chi connectivity index (χ1v) is 14.6. The number of imidazole rings is 1. The Kier molecular flexibility index (Phi) is 8.57. The van der Waals surface area contributed by atoms with E-state index in [1.807, 2.05) is 0 Å². The number of anilines is 1. The second-order valence-corrected chi connectivity index (χ2v) is 11.5. The highest BCUT2D eigenvalue weighted by atomic mass is 35.5. The zero-order valence-electron chi connectivity index (χ0n) is 21.5. The number of fused-ring (bicyclic) bond motifs is 1. The Morgan fingerprint density at radius 1 is 1.23 bits per heavy atom. The van der Waals surface area contributed by atoms with E-state index in [0.717, 1.165) is 30.6 Å². The van der Waals surface area contributed by atoms with E-state index in [4.69, 9.17) is 25.4 Å². The van der Waals surface area contributed by atoms with Crippen LogP contribution in [-0.2, 0) is 18.6 Å². The Morgan fingerprint density at radius 3 is 2.67 bits per heavy atom. The molecule has 1 aromatic carbocycles. The molecule has 2 fully saturated rings. The van der Waals surface area contributed by atoms with Crippen LogP contribution in [0.15, 0.2) is 36.7 Å². The number of phosphoric acid groups is 1. The van der Waals surface area contributed by atoms with Crippen molar-refractivity contribution in [2.75, 3.05) is 25.5 Å². The van der Waals surface area contributed by atoms with E-state index in [1.54, 1.807) is 18.2 Å². The first-order valence-electron chi connectivity index (χ1n) is 12.8. The molecule has 1 saturated carbocycles. The van der Waals surface area contributed by atoms with Gasteiger partial charge in [0, 0.05) is 19.6 Å². The van der Waals surface area contributed by atoms with Crippen molar-refractivity contribution < 1.29 is 38.3 Å². The number of carbonyl (C=O) groups excluding carboxylic acids is 1. The Morgan fingerprint density at radius 2 is 1.95 bits per heavy atom. The molecule has 0 spiro atoms. The van der Waals surface area contributed by atoms with Gasteiger partial charge in [0.05, 0.1) is 6.33 Å². The summed E-state index contributed by atoms with van der Waals surface area (Å²) in [5.41, 5.74) is 0.757. The summed E-state index contributed by atoms with van der Waals surface area (Å²) in [6.07, 6.45) is 0.875. The molecule has 1 amide bonds. The standard InChI is InChI=1S/C24H30ClN6O8P/c1-30(17(32)12-37-40(35,36)39-15-9-3-2-4-10-15)11-16-19(33)20(34)23(38-16)31-13-26-18-21(27-14-7-5-6-8-14)28-24(25)29-22(18)31/h2-4,9-10,13-14,16,19-20,23,33-34H,5-8,11-12H2,1H3,(H,35,36)(H,27,28,29)/t16-,19-,20-,23-/m1/s1. The zero-order valence-corrected chi connectivity index (χ0v) is 23.2. The number of halogens is 1. The van der Waals surface area contributed by atoms with Crippen molar-refractivity contribution in [3.8, 4) is 5.75 Å². The van der Waals surface area contributed by atoms with Crippen LogP contribution in [0, 0.1) is 0 Å². The van der Waals surface area contributed by atoms with Gasteiger partial charge in [0.1, 0.15) is 30.7 Å². The van der Waals surface area contributed by atoms with E-state index >= 15 is 0 Å². The second kappa shape index (κ2) is 12.0. The van der Waals surface area contributed by atoms with Crippen LogP contribution in [0.3, 0.4) is 0 Å². The minimum absolute atomic E-state index is 0.0120. The number of hydrogen-bond acceptors (Lipinski definition) is 11. The Labute approximate surface area is 234 Å². The van der Waals surface area contributed by atoms with Crippen molar-refractivity contribution in [2.45, 2.75) is 56.3 Å². The molecule has 14 nitrogen and oxygen atoms in total. The van der Waals surface area contributed by atoms with Gasteiger partial charge >= 0.3 is 7.82 Å². The molecule has 216 valence electrons. The maximum Gasteiger partial charge on any atom is 0.527 e. The molecule has 5 rings (SSSR count). The number of para-hydroxylation sites is 1. The van der Waals surface area contributed by atoms with Gasteiger partial charge < -0.3 is 29.7 Å². The summed E-state index contributed by atoms with van der Waals surface area (Å²) >= 11 is 6.19. The van der Waals surface area contributed by atoms with Crippen LogP contribution in [0.2, 0.25) is 5.28 Å². The van der Waals surface area contributed by atoms with E-state index in [2.05, 4.69) is 20.3 Å². The molecule has 1 aliphatic heterocycles. The average molecular weight is 597 g/mol. The highest BCUT2D eigenvalue weighted by Crippen LogP contribution is 2.43. The second-order valence-electron chi connectivity index (χ2n) is 9.76. The number of likely N-dealkylation sites (N-methyl/N-ethyl adjacent to an activating group) is 1.